The molecule has 3 rings (SSSR count). The topological polar surface area (TPSA) is 63.7 Å². The molecule has 0 N–H and O–H groups in total. The Morgan fingerprint density at radius 2 is 1.82 bits per heavy atom. The second-order valence-corrected chi connectivity index (χ2v) is 7.52. The molecule has 0 saturated carbocycles. The van der Waals surface area contributed by atoms with Crippen molar-refractivity contribution in [2.24, 2.45) is 0 Å². The van der Waals surface area contributed by atoms with Gasteiger partial charge in [0.2, 0.25) is 0 Å². The summed E-state index contributed by atoms with van der Waals surface area (Å²) >= 11 is 1.54. The fraction of sp³-hybridized carbons (Fsp3) is 0.286. The predicted molar refractivity (Wildman–Crippen MR) is 107 cm³/mol. The minimum absolute atomic E-state index is 0.137. The summed E-state index contributed by atoms with van der Waals surface area (Å²) in [6, 6.07) is 15.8. The van der Waals surface area contributed by atoms with Crippen LogP contribution in [0, 0.1) is 17.1 Å². The van der Waals surface area contributed by atoms with Crippen molar-refractivity contribution in [3.05, 3.63) is 71.3 Å². The van der Waals surface area contributed by atoms with Crippen molar-refractivity contribution in [3.63, 3.8) is 0 Å². The third kappa shape index (κ3) is 4.52. The van der Waals surface area contributed by atoms with Gasteiger partial charge in [0.15, 0.2) is 17.1 Å². The molecule has 0 amide bonds. The highest BCUT2D eigenvalue weighted by Gasteiger charge is 2.21. The highest BCUT2D eigenvalue weighted by molar-refractivity contribution is 7.98. The van der Waals surface area contributed by atoms with Gasteiger partial charge >= 0.3 is 0 Å². The van der Waals surface area contributed by atoms with Crippen LogP contribution >= 0.6 is 11.8 Å². The van der Waals surface area contributed by atoms with Crippen LogP contribution in [-0.4, -0.2) is 14.8 Å². The SMILES string of the molecule is CC(Oc1ccc(F)cc1)c1nnc(SCc2ccccc2C#N)n1C(C)C. The number of benzene rings is 2. The molecule has 144 valence electrons. The summed E-state index contributed by atoms with van der Waals surface area (Å²) in [4.78, 5) is 0. The first-order chi connectivity index (χ1) is 13.5. The zero-order chi connectivity index (χ0) is 20.1. The lowest BCUT2D eigenvalue weighted by molar-refractivity contribution is 0.207. The Bertz CT molecular complexity index is 979. The van der Waals surface area contributed by atoms with Crippen molar-refractivity contribution in [1.29, 1.82) is 5.26 Å². The highest BCUT2D eigenvalue weighted by atomic mass is 32.2. The molecule has 28 heavy (non-hydrogen) atoms. The molecule has 0 radical (unpaired) electrons. The first-order valence-corrected chi connectivity index (χ1v) is 9.96. The monoisotopic (exact) mass is 396 g/mol. The standard InChI is InChI=1S/C21H21FN4OS/c1-14(2)26-20(15(3)27-19-10-8-18(22)9-11-19)24-25-21(26)28-13-17-7-5-4-6-16(17)12-23/h4-11,14-15H,13H2,1-3H3. The summed E-state index contributed by atoms with van der Waals surface area (Å²) < 4.78 is 21.0. The number of rotatable bonds is 7. The van der Waals surface area contributed by atoms with Gasteiger partial charge in [0.1, 0.15) is 11.6 Å². The van der Waals surface area contributed by atoms with Crippen molar-refractivity contribution in [1.82, 2.24) is 14.8 Å². The third-order valence-corrected chi connectivity index (χ3v) is 5.18. The largest absolute Gasteiger partial charge is 0.483 e. The molecule has 1 heterocycles. The normalized spacial score (nSPS) is 12.0. The molecule has 0 saturated heterocycles. The van der Waals surface area contributed by atoms with Crippen LogP contribution in [0.15, 0.2) is 53.7 Å². The molecule has 7 heteroatoms. The average Bonchev–Trinajstić information content (AvgIpc) is 3.13. The highest BCUT2D eigenvalue weighted by Crippen LogP contribution is 2.29. The van der Waals surface area contributed by atoms with Crippen molar-refractivity contribution < 1.29 is 9.13 Å². The number of ether oxygens (including phenoxy) is 1. The second kappa shape index (κ2) is 8.89. The molecule has 0 bridgehead atoms. The maximum Gasteiger partial charge on any atom is 0.191 e. The molecule has 0 spiro atoms. The Kier molecular flexibility index (Phi) is 6.32. The van der Waals surface area contributed by atoms with Crippen LogP contribution in [0.5, 0.6) is 5.75 Å². The van der Waals surface area contributed by atoms with E-state index in [-0.39, 0.29) is 18.0 Å². The fourth-order valence-electron chi connectivity index (χ4n) is 2.82. The number of hydrogen-bond acceptors (Lipinski definition) is 5. The Morgan fingerprint density at radius 3 is 2.50 bits per heavy atom. The Labute approximate surface area is 168 Å². The molecule has 0 aliphatic rings. The van der Waals surface area contributed by atoms with E-state index in [1.54, 1.807) is 12.1 Å². The van der Waals surface area contributed by atoms with Gasteiger partial charge in [-0.1, -0.05) is 30.0 Å². The van der Waals surface area contributed by atoms with Crippen molar-refractivity contribution in [2.45, 2.75) is 43.8 Å². The summed E-state index contributed by atoms with van der Waals surface area (Å²) in [5.74, 6) is 1.60. The van der Waals surface area contributed by atoms with Gasteiger partial charge in [-0.05, 0) is 56.7 Å². The lowest BCUT2D eigenvalue weighted by Gasteiger charge is -2.19. The molecule has 1 aromatic heterocycles. The molecule has 5 nitrogen and oxygen atoms in total. The smallest absolute Gasteiger partial charge is 0.191 e. The lowest BCUT2D eigenvalue weighted by Crippen LogP contribution is -2.14. The number of hydrogen-bond donors (Lipinski definition) is 0. The van der Waals surface area contributed by atoms with Crippen LogP contribution < -0.4 is 4.74 Å². The van der Waals surface area contributed by atoms with Crippen molar-refractivity contribution in [3.8, 4) is 11.8 Å². The van der Waals surface area contributed by atoms with Gasteiger partial charge in [0, 0.05) is 11.8 Å². The van der Waals surface area contributed by atoms with Crippen LogP contribution in [0.1, 0.15) is 49.9 Å². The Hall–Kier alpha value is -2.85. The first kappa shape index (κ1) is 19.9. The molecule has 1 atom stereocenters. The molecule has 0 fully saturated rings. The zero-order valence-electron chi connectivity index (χ0n) is 16.0. The van der Waals surface area contributed by atoms with Crippen LogP contribution in [0.4, 0.5) is 4.39 Å². The number of nitrogens with zero attached hydrogens (tertiary/aromatic N) is 4. The maximum absolute atomic E-state index is 13.1. The van der Waals surface area contributed by atoms with E-state index in [4.69, 9.17) is 4.74 Å². The predicted octanol–water partition coefficient (Wildman–Crippen LogP) is 5.30. The van der Waals surface area contributed by atoms with Crippen LogP contribution in [0.2, 0.25) is 0 Å². The molecule has 3 aromatic rings. The quantitative estimate of drug-likeness (QED) is 0.507. The fourth-order valence-corrected chi connectivity index (χ4v) is 3.90. The number of thioether (sulfide) groups is 1. The van der Waals surface area contributed by atoms with Crippen molar-refractivity contribution >= 4 is 11.8 Å². The van der Waals surface area contributed by atoms with Gasteiger partial charge in [-0.15, -0.1) is 10.2 Å². The van der Waals surface area contributed by atoms with Gasteiger partial charge in [-0.25, -0.2) is 4.39 Å². The molecule has 1 unspecified atom stereocenters. The van der Waals surface area contributed by atoms with Gasteiger partial charge in [-0.3, -0.25) is 0 Å². The average molecular weight is 396 g/mol. The van der Waals surface area contributed by atoms with Gasteiger partial charge < -0.3 is 9.30 Å². The van der Waals surface area contributed by atoms with E-state index in [0.717, 1.165) is 10.7 Å². The minimum Gasteiger partial charge on any atom is -0.483 e. The number of halogens is 1. The van der Waals surface area contributed by atoms with Gasteiger partial charge in [0.05, 0.1) is 11.6 Å². The Balaban J connectivity index is 1.79. The van der Waals surface area contributed by atoms with E-state index in [2.05, 4.69) is 30.1 Å². The summed E-state index contributed by atoms with van der Waals surface area (Å²) in [6.07, 6.45) is -0.346. The van der Waals surface area contributed by atoms with E-state index in [1.807, 2.05) is 35.8 Å². The molecular weight excluding hydrogens is 375 g/mol. The summed E-state index contributed by atoms with van der Waals surface area (Å²) in [5.41, 5.74) is 1.63. The van der Waals surface area contributed by atoms with Crippen molar-refractivity contribution in [2.75, 3.05) is 0 Å². The van der Waals surface area contributed by atoms with Gasteiger partial charge in [0.25, 0.3) is 0 Å². The van der Waals surface area contributed by atoms with E-state index in [9.17, 15) is 9.65 Å². The third-order valence-electron chi connectivity index (χ3n) is 4.19. The van der Waals surface area contributed by atoms with Gasteiger partial charge in [-0.2, -0.15) is 5.26 Å². The maximum atomic E-state index is 13.1. The van der Waals surface area contributed by atoms with E-state index < -0.39 is 0 Å². The summed E-state index contributed by atoms with van der Waals surface area (Å²) in [6.45, 7) is 6.02. The molecule has 0 aliphatic carbocycles. The lowest BCUT2D eigenvalue weighted by atomic mass is 10.1. The van der Waals surface area contributed by atoms with E-state index in [1.165, 1.54) is 23.9 Å². The van der Waals surface area contributed by atoms with Crippen LogP contribution in [0.25, 0.3) is 0 Å². The first-order valence-electron chi connectivity index (χ1n) is 8.97. The van der Waals surface area contributed by atoms with E-state index in [0.29, 0.717) is 22.9 Å². The number of aromatic nitrogens is 3. The van der Waals surface area contributed by atoms with E-state index >= 15 is 0 Å². The van der Waals surface area contributed by atoms with Crippen LogP contribution in [0.3, 0.4) is 0 Å². The molecule has 2 aromatic carbocycles. The molecular formula is C21H21FN4OS. The number of nitriles is 1. The molecule has 0 aliphatic heterocycles. The minimum atomic E-state index is -0.346. The van der Waals surface area contributed by atoms with Crippen LogP contribution in [-0.2, 0) is 5.75 Å². The summed E-state index contributed by atoms with van der Waals surface area (Å²) in [5, 5.41) is 18.7. The Morgan fingerprint density at radius 1 is 1.11 bits per heavy atom. The summed E-state index contributed by atoms with van der Waals surface area (Å²) in [7, 11) is 0. The zero-order valence-corrected chi connectivity index (χ0v) is 16.8. The second-order valence-electron chi connectivity index (χ2n) is 6.58.